The van der Waals surface area contributed by atoms with Crippen molar-refractivity contribution in [3.8, 4) is 0 Å². The van der Waals surface area contributed by atoms with E-state index in [0.29, 0.717) is 21.7 Å². The highest BCUT2D eigenvalue weighted by atomic mass is 35.5. The van der Waals surface area contributed by atoms with E-state index in [0.717, 1.165) is 28.9 Å². The van der Waals surface area contributed by atoms with Gasteiger partial charge < -0.3 is 10.4 Å². The summed E-state index contributed by atoms with van der Waals surface area (Å²) in [5, 5.41) is 21.8. The van der Waals surface area contributed by atoms with Gasteiger partial charge in [-0.3, -0.25) is 0 Å². The molecule has 0 aliphatic carbocycles. The van der Waals surface area contributed by atoms with E-state index in [2.05, 4.69) is 20.5 Å². The molecule has 0 saturated heterocycles. The third-order valence-electron chi connectivity index (χ3n) is 3.49. The van der Waals surface area contributed by atoms with Crippen LogP contribution in [0.5, 0.6) is 0 Å². The molecule has 3 aromatic rings. The van der Waals surface area contributed by atoms with Gasteiger partial charge in [0.2, 0.25) is 5.13 Å². The van der Waals surface area contributed by atoms with Crippen LogP contribution >= 0.6 is 34.5 Å². The van der Waals surface area contributed by atoms with E-state index in [1.165, 1.54) is 16.9 Å². The second kappa shape index (κ2) is 8.69. The van der Waals surface area contributed by atoms with Gasteiger partial charge in [0.1, 0.15) is 0 Å². The second-order valence-electron chi connectivity index (χ2n) is 5.32. The first-order chi connectivity index (χ1) is 12.2. The zero-order valence-electron chi connectivity index (χ0n) is 13.2. The van der Waals surface area contributed by atoms with Crippen molar-refractivity contribution in [2.24, 2.45) is 10.2 Å². The zero-order chi connectivity index (χ0) is 17.6. The van der Waals surface area contributed by atoms with E-state index in [1.807, 2.05) is 24.3 Å². The quantitative estimate of drug-likeness (QED) is 0.430. The van der Waals surface area contributed by atoms with E-state index in [1.54, 1.807) is 12.1 Å². The summed E-state index contributed by atoms with van der Waals surface area (Å²) in [7, 11) is 0. The number of thiazole rings is 1. The highest BCUT2D eigenvalue weighted by molar-refractivity contribution is 7.22. The van der Waals surface area contributed by atoms with Gasteiger partial charge in [0.05, 0.1) is 32.6 Å². The summed E-state index contributed by atoms with van der Waals surface area (Å²) < 4.78 is 0.925. The first-order valence-corrected chi connectivity index (χ1v) is 9.31. The molecule has 0 atom stereocenters. The number of rotatable bonds is 7. The lowest BCUT2D eigenvalue weighted by Crippen LogP contribution is -2.20. The number of halogens is 2. The summed E-state index contributed by atoms with van der Waals surface area (Å²) in [6.45, 7) is 1.60. The molecule has 130 valence electrons. The SMILES string of the molecule is OCCNCCc1ccc(N=Nc2nc3cc(Cl)c(Cl)cc3s2)cc1. The molecule has 0 saturated carbocycles. The molecule has 0 aliphatic rings. The average Bonchev–Trinajstić information content (AvgIpc) is 3.00. The molecule has 8 heteroatoms. The second-order valence-corrected chi connectivity index (χ2v) is 7.14. The van der Waals surface area contributed by atoms with Crippen molar-refractivity contribution in [2.75, 3.05) is 19.7 Å². The largest absolute Gasteiger partial charge is 0.395 e. The standard InChI is InChI=1S/C17H16Cl2N4OS/c18-13-9-15-16(10-14(13)19)25-17(21-15)23-22-12-3-1-11(2-4-12)5-6-20-7-8-24/h1-4,9-10,20,24H,5-8H2. The summed E-state index contributed by atoms with van der Waals surface area (Å²) >= 11 is 13.4. The molecule has 0 unspecified atom stereocenters. The molecule has 5 nitrogen and oxygen atoms in total. The molecule has 3 rings (SSSR count). The Hall–Kier alpha value is -1.57. The summed E-state index contributed by atoms with van der Waals surface area (Å²) in [5.74, 6) is 0. The summed E-state index contributed by atoms with van der Waals surface area (Å²) in [4.78, 5) is 4.39. The fourth-order valence-corrected chi connectivity index (χ4v) is 3.42. The van der Waals surface area contributed by atoms with Crippen LogP contribution in [0.25, 0.3) is 10.2 Å². The highest BCUT2D eigenvalue weighted by Crippen LogP contribution is 2.34. The normalized spacial score (nSPS) is 11.6. The lowest BCUT2D eigenvalue weighted by atomic mass is 10.1. The number of hydrogen-bond donors (Lipinski definition) is 2. The number of fused-ring (bicyclic) bond motifs is 1. The van der Waals surface area contributed by atoms with Crippen LogP contribution in [0.4, 0.5) is 10.8 Å². The maximum atomic E-state index is 8.72. The van der Waals surface area contributed by atoms with E-state index < -0.39 is 0 Å². The topological polar surface area (TPSA) is 69.9 Å². The van der Waals surface area contributed by atoms with Crippen molar-refractivity contribution in [1.29, 1.82) is 0 Å². The fraction of sp³-hybridized carbons (Fsp3) is 0.235. The van der Waals surface area contributed by atoms with Gasteiger partial charge in [0.25, 0.3) is 0 Å². The third-order valence-corrected chi connectivity index (χ3v) is 5.11. The lowest BCUT2D eigenvalue weighted by molar-refractivity contribution is 0.293. The van der Waals surface area contributed by atoms with Gasteiger partial charge in [-0.25, -0.2) is 4.98 Å². The number of hydrogen-bond acceptors (Lipinski definition) is 6. The Kier molecular flexibility index (Phi) is 6.34. The number of aliphatic hydroxyl groups is 1. The van der Waals surface area contributed by atoms with E-state index in [9.17, 15) is 0 Å². The first kappa shape index (κ1) is 18.2. The Morgan fingerprint density at radius 3 is 2.56 bits per heavy atom. The molecular formula is C17H16Cl2N4OS. The number of nitrogens with one attached hydrogen (secondary N) is 1. The smallest absolute Gasteiger partial charge is 0.231 e. The van der Waals surface area contributed by atoms with E-state index >= 15 is 0 Å². The minimum absolute atomic E-state index is 0.156. The molecule has 2 aromatic carbocycles. The fourth-order valence-electron chi connectivity index (χ4n) is 2.22. The molecule has 25 heavy (non-hydrogen) atoms. The highest BCUT2D eigenvalue weighted by Gasteiger charge is 2.07. The van der Waals surface area contributed by atoms with Gasteiger partial charge in [0.15, 0.2) is 0 Å². The lowest BCUT2D eigenvalue weighted by Gasteiger charge is -2.03. The van der Waals surface area contributed by atoms with Crippen LogP contribution in [0.2, 0.25) is 10.0 Å². The van der Waals surface area contributed by atoms with Crippen LogP contribution in [0.3, 0.4) is 0 Å². The molecule has 0 amide bonds. The van der Waals surface area contributed by atoms with E-state index in [-0.39, 0.29) is 6.61 Å². The first-order valence-electron chi connectivity index (χ1n) is 7.73. The third kappa shape index (κ3) is 4.96. The number of benzene rings is 2. The Labute approximate surface area is 159 Å². The number of aromatic nitrogens is 1. The van der Waals surface area contributed by atoms with Crippen LogP contribution in [0.15, 0.2) is 46.6 Å². The zero-order valence-corrected chi connectivity index (χ0v) is 15.6. The van der Waals surface area contributed by atoms with Crippen molar-refractivity contribution in [3.63, 3.8) is 0 Å². The molecule has 0 fully saturated rings. The Morgan fingerprint density at radius 2 is 1.80 bits per heavy atom. The van der Waals surface area contributed by atoms with Crippen molar-refractivity contribution in [1.82, 2.24) is 10.3 Å². The predicted molar refractivity (Wildman–Crippen MR) is 104 cm³/mol. The summed E-state index contributed by atoms with van der Waals surface area (Å²) in [5.41, 5.74) is 2.73. The molecule has 2 N–H and O–H groups in total. The average molecular weight is 395 g/mol. The Morgan fingerprint density at radius 1 is 1.04 bits per heavy atom. The van der Waals surface area contributed by atoms with Crippen molar-refractivity contribution >= 4 is 55.6 Å². The minimum Gasteiger partial charge on any atom is -0.395 e. The molecule has 0 bridgehead atoms. The van der Waals surface area contributed by atoms with Crippen LogP contribution in [-0.4, -0.2) is 29.8 Å². The van der Waals surface area contributed by atoms with Gasteiger partial charge in [-0.2, -0.15) is 0 Å². The van der Waals surface area contributed by atoms with Crippen molar-refractivity contribution < 1.29 is 5.11 Å². The van der Waals surface area contributed by atoms with Gasteiger partial charge in [-0.15, -0.1) is 10.2 Å². The molecule has 0 aliphatic heterocycles. The predicted octanol–water partition coefficient (Wildman–Crippen LogP) is 5.14. The van der Waals surface area contributed by atoms with Crippen LogP contribution in [-0.2, 0) is 6.42 Å². The molecule has 1 aromatic heterocycles. The Bertz CT molecular complexity index is 841. The summed E-state index contributed by atoms with van der Waals surface area (Å²) in [6, 6.07) is 11.4. The Balaban J connectivity index is 1.65. The molecular weight excluding hydrogens is 379 g/mol. The van der Waals surface area contributed by atoms with Gasteiger partial charge in [0, 0.05) is 6.54 Å². The van der Waals surface area contributed by atoms with Crippen LogP contribution in [0.1, 0.15) is 5.56 Å². The minimum atomic E-state index is 0.156. The van der Waals surface area contributed by atoms with Gasteiger partial charge in [-0.05, 0) is 42.8 Å². The van der Waals surface area contributed by atoms with Gasteiger partial charge in [-0.1, -0.05) is 46.7 Å². The monoisotopic (exact) mass is 394 g/mol. The number of azo groups is 1. The van der Waals surface area contributed by atoms with Crippen molar-refractivity contribution in [3.05, 3.63) is 52.0 Å². The number of aliphatic hydroxyl groups excluding tert-OH is 1. The number of nitrogens with zero attached hydrogens (tertiary/aromatic N) is 3. The summed E-state index contributed by atoms with van der Waals surface area (Å²) in [6.07, 6.45) is 0.900. The molecule has 0 radical (unpaired) electrons. The van der Waals surface area contributed by atoms with Crippen molar-refractivity contribution in [2.45, 2.75) is 6.42 Å². The molecule has 1 heterocycles. The van der Waals surface area contributed by atoms with Crippen LogP contribution in [0, 0.1) is 0 Å². The van der Waals surface area contributed by atoms with Crippen LogP contribution < -0.4 is 5.32 Å². The van der Waals surface area contributed by atoms with E-state index in [4.69, 9.17) is 28.3 Å². The van der Waals surface area contributed by atoms with Gasteiger partial charge >= 0.3 is 0 Å². The molecule has 0 spiro atoms. The maximum absolute atomic E-state index is 8.72. The maximum Gasteiger partial charge on any atom is 0.231 e.